The van der Waals surface area contributed by atoms with Crippen LogP contribution in [0.3, 0.4) is 0 Å². The van der Waals surface area contributed by atoms with Crippen molar-refractivity contribution in [1.82, 2.24) is 4.90 Å². The van der Waals surface area contributed by atoms with Gasteiger partial charge in [-0.05, 0) is 19.4 Å². The van der Waals surface area contributed by atoms with Gasteiger partial charge in [0.05, 0.1) is 16.7 Å². The maximum Gasteiger partial charge on any atom is 0.256 e. The van der Waals surface area contributed by atoms with Crippen molar-refractivity contribution in [2.24, 2.45) is 11.1 Å². The number of halogens is 2. The summed E-state index contributed by atoms with van der Waals surface area (Å²) in [6.45, 7) is 2.05. The van der Waals surface area contributed by atoms with Gasteiger partial charge in [0.2, 0.25) is 5.91 Å². The van der Waals surface area contributed by atoms with Crippen LogP contribution in [0, 0.1) is 17.0 Å². The van der Waals surface area contributed by atoms with E-state index in [2.05, 4.69) is 0 Å². The predicted molar refractivity (Wildman–Crippen MR) is 68.6 cm³/mol. The summed E-state index contributed by atoms with van der Waals surface area (Å²) in [6, 6.07) is 1.54. The lowest BCUT2D eigenvalue weighted by Gasteiger charge is -2.21. The minimum atomic E-state index is -0.977. The molecule has 0 saturated carbocycles. The lowest BCUT2D eigenvalue weighted by molar-refractivity contribution is -0.126. The van der Waals surface area contributed by atoms with Gasteiger partial charge in [-0.1, -0.05) is 0 Å². The number of anilines is 1. The fraction of sp³-hybridized carbons (Fsp3) is 0.385. The number of likely N-dealkylation sites (tertiary alicyclic amines) is 1. The molecule has 1 aromatic rings. The van der Waals surface area contributed by atoms with Gasteiger partial charge < -0.3 is 16.4 Å². The first-order valence-corrected chi connectivity index (χ1v) is 6.08. The second-order valence-corrected chi connectivity index (χ2v) is 5.26. The monoisotopic (exact) mass is 283 g/mol. The Hall–Kier alpha value is -2.18. The summed E-state index contributed by atoms with van der Waals surface area (Å²) >= 11 is 0. The van der Waals surface area contributed by atoms with Crippen LogP contribution in [-0.4, -0.2) is 29.8 Å². The van der Waals surface area contributed by atoms with Gasteiger partial charge in [-0.2, -0.15) is 0 Å². The Morgan fingerprint density at radius 1 is 1.30 bits per heavy atom. The van der Waals surface area contributed by atoms with Crippen LogP contribution in [0.5, 0.6) is 0 Å². The number of nitrogens with two attached hydrogens (primary N) is 2. The van der Waals surface area contributed by atoms with Gasteiger partial charge in [0, 0.05) is 19.2 Å². The fourth-order valence-corrected chi connectivity index (χ4v) is 2.24. The Bertz CT molecular complexity index is 591. The SMILES string of the molecule is CC1(C(N)=O)CCN(C(=O)c2cc(N)c(F)cc2F)C1. The second-order valence-electron chi connectivity index (χ2n) is 5.26. The molecule has 108 valence electrons. The molecule has 20 heavy (non-hydrogen) atoms. The summed E-state index contributed by atoms with van der Waals surface area (Å²) in [5.74, 6) is -3.03. The van der Waals surface area contributed by atoms with E-state index in [1.165, 1.54) is 4.90 Å². The number of carbonyl (C=O) groups is 2. The zero-order chi connectivity index (χ0) is 15.1. The number of amides is 2. The third-order valence-corrected chi connectivity index (χ3v) is 3.67. The molecule has 5 nitrogen and oxygen atoms in total. The van der Waals surface area contributed by atoms with Crippen molar-refractivity contribution in [1.29, 1.82) is 0 Å². The van der Waals surface area contributed by atoms with Crippen LogP contribution in [0.25, 0.3) is 0 Å². The number of rotatable bonds is 2. The summed E-state index contributed by atoms with van der Waals surface area (Å²) in [6.07, 6.45) is 0.409. The molecule has 0 spiro atoms. The summed E-state index contributed by atoms with van der Waals surface area (Å²) in [5.41, 5.74) is 9.20. The van der Waals surface area contributed by atoms with Crippen LogP contribution in [0.4, 0.5) is 14.5 Å². The van der Waals surface area contributed by atoms with Crippen LogP contribution < -0.4 is 11.5 Å². The van der Waals surface area contributed by atoms with Crippen LogP contribution >= 0.6 is 0 Å². The molecule has 1 heterocycles. The topological polar surface area (TPSA) is 89.4 Å². The molecule has 1 fully saturated rings. The van der Waals surface area contributed by atoms with Crippen molar-refractivity contribution >= 4 is 17.5 Å². The molecule has 7 heteroatoms. The van der Waals surface area contributed by atoms with E-state index in [0.29, 0.717) is 12.5 Å². The number of carbonyl (C=O) groups excluding carboxylic acids is 2. The third-order valence-electron chi connectivity index (χ3n) is 3.67. The van der Waals surface area contributed by atoms with Crippen molar-refractivity contribution in [2.45, 2.75) is 13.3 Å². The fourth-order valence-electron chi connectivity index (χ4n) is 2.24. The Kier molecular flexibility index (Phi) is 3.37. The summed E-state index contributed by atoms with van der Waals surface area (Å²) in [4.78, 5) is 24.9. The Morgan fingerprint density at radius 2 is 1.95 bits per heavy atom. The zero-order valence-corrected chi connectivity index (χ0v) is 11.0. The van der Waals surface area contributed by atoms with E-state index in [1.807, 2.05) is 0 Å². The van der Waals surface area contributed by atoms with Gasteiger partial charge in [-0.25, -0.2) is 8.78 Å². The molecule has 0 aliphatic carbocycles. The van der Waals surface area contributed by atoms with Crippen molar-refractivity contribution < 1.29 is 18.4 Å². The van der Waals surface area contributed by atoms with E-state index in [9.17, 15) is 18.4 Å². The standard InChI is InChI=1S/C13H15F2N3O2/c1-13(12(17)20)2-3-18(6-13)11(19)7-4-10(16)9(15)5-8(7)14/h4-5H,2-3,6,16H2,1H3,(H2,17,20). The highest BCUT2D eigenvalue weighted by Gasteiger charge is 2.41. The minimum Gasteiger partial charge on any atom is -0.396 e. The molecule has 1 atom stereocenters. The number of benzene rings is 1. The molecular weight excluding hydrogens is 268 g/mol. The maximum atomic E-state index is 13.7. The summed E-state index contributed by atoms with van der Waals surface area (Å²) in [7, 11) is 0. The second kappa shape index (κ2) is 4.73. The predicted octanol–water partition coefficient (Wildman–Crippen LogP) is 0.884. The summed E-state index contributed by atoms with van der Waals surface area (Å²) in [5, 5.41) is 0. The Morgan fingerprint density at radius 3 is 2.50 bits per heavy atom. The first kappa shape index (κ1) is 14.2. The molecule has 0 radical (unpaired) electrons. The number of nitrogens with zero attached hydrogens (tertiary/aromatic N) is 1. The van der Waals surface area contributed by atoms with Crippen LogP contribution in [0.2, 0.25) is 0 Å². The highest BCUT2D eigenvalue weighted by atomic mass is 19.1. The average molecular weight is 283 g/mol. The van der Waals surface area contributed by atoms with Gasteiger partial charge in [-0.3, -0.25) is 9.59 Å². The van der Waals surface area contributed by atoms with E-state index in [0.717, 1.165) is 6.07 Å². The smallest absolute Gasteiger partial charge is 0.256 e. The highest BCUT2D eigenvalue weighted by molar-refractivity contribution is 5.96. The van der Waals surface area contributed by atoms with Gasteiger partial charge in [0.25, 0.3) is 5.91 Å². The van der Waals surface area contributed by atoms with Crippen LogP contribution in [-0.2, 0) is 4.79 Å². The van der Waals surface area contributed by atoms with E-state index in [4.69, 9.17) is 11.5 Å². The van der Waals surface area contributed by atoms with E-state index in [-0.39, 0.29) is 24.3 Å². The number of nitrogen functional groups attached to an aromatic ring is 1. The number of primary amides is 1. The lowest BCUT2D eigenvalue weighted by Crippen LogP contribution is -2.38. The van der Waals surface area contributed by atoms with Crippen LogP contribution in [0.15, 0.2) is 12.1 Å². The molecule has 1 unspecified atom stereocenters. The van der Waals surface area contributed by atoms with Gasteiger partial charge >= 0.3 is 0 Å². The maximum absolute atomic E-state index is 13.7. The molecule has 2 amide bonds. The molecule has 1 aromatic carbocycles. The third kappa shape index (κ3) is 2.31. The normalized spacial score (nSPS) is 22.1. The Labute approximate surface area is 114 Å². The Balaban J connectivity index is 2.26. The van der Waals surface area contributed by atoms with Gasteiger partial charge in [-0.15, -0.1) is 0 Å². The quantitative estimate of drug-likeness (QED) is 0.790. The molecule has 1 saturated heterocycles. The zero-order valence-electron chi connectivity index (χ0n) is 11.0. The molecule has 2 rings (SSSR count). The molecule has 0 aromatic heterocycles. The lowest BCUT2D eigenvalue weighted by atomic mass is 9.89. The largest absolute Gasteiger partial charge is 0.396 e. The van der Waals surface area contributed by atoms with Gasteiger partial charge in [0.15, 0.2) is 0 Å². The van der Waals surface area contributed by atoms with E-state index < -0.39 is 28.9 Å². The molecule has 1 aliphatic heterocycles. The minimum absolute atomic E-state index is 0.109. The first-order chi connectivity index (χ1) is 9.24. The average Bonchev–Trinajstić information content (AvgIpc) is 2.77. The number of hydrogen-bond acceptors (Lipinski definition) is 3. The first-order valence-electron chi connectivity index (χ1n) is 6.08. The van der Waals surface area contributed by atoms with Gasteiger partial charge in [0.1, 0.15) is 11.6 Å². The highest BCUT2D eigenvalue weighted by Crippen LogP contribution is 2.31. The van der Waals surface area contributed by atoms with Crippen LogP contribution in [0.1, 0.15) is 23.7 Å². The van der Waals surface area contributed by atoms with E-state index >= 15 is 0 Å². The summed E-state index contributed by atoms with van der Waals surface area (Å²) < 4.78 is 26.7. The van der Waals surface area contributed by atoms with E-state index in [1.54, 1.807) is 6.92 Å². The van der Waals surface area contributed by atoms with Crippen molar-refractivity contribution in [3.63, 3.8) is 0 Å². The van der Waals surface area contributed by atoms with Crippen molar-refractivity contribution in [3.8, 4) is 0 Å². The number of hydrogen-bond donors (Lipinski definition) is 2. The molecule has 0 bridgehead atoms. The molecular formula is C13H15F2N3O2. The molecule has 4 N–H and O–H groups in total. The van der Waals surface area contributed by atoms with Crippen molar-refractivity contribution in [3.05, 3.63) is 29.3 Å². The van der Waals surface area contributed by atoms with Crippen molar-refractivity contribution in [2.75, 3.05) is 18.8 Å². The molecule has 1 aliphatic rings.